The van der Waals surface area contributed by atoms with Crippen molar-refractivity contribution in [2.24, 2.45) is 0 Å². The van der Waals surface area contributed by atoms with Crippen LogP contribution >= 0.6 is 0 Å². The largest absolute Gasteiger partial charge is 0.352 e. The predicted octanol–water partition coefficient (Wildman–Crippen LogP) is 5.84. The Morgan fingerprint density at radius 3 is 1.83 bits per heavy atom. The molecule has 0 unspecified atom stereocenters. The molecule has 0 aliphatic carbocycles. The molecule has 0 aliphatic rings. The van der Waals surface area contributed by atoms with Gasteiger partial charge in [0, 0.05) is 12.6 Å². The Balaban J connectivity index is 2.09. The predicted molar refractivity (Wildman–Crippen MR) is 165 cm³/mol. The van der Waals surface area contributed by atoms with Crippen LogP contribution in [-0.2, 0) is 26.2 Å². The van der Waals surface area contributed by atoms with Gasteiger partial charge in [-0.2, -0.15) is 0 Å². The first-order chi connectivity index (χ1) is 19.3. The SMILES string of the molecule is CC[C@H](C)NC(=O)[C@H](CC)N(Cc1ccc(C)cc1)C(=O)CN(c1cc(C)cc(C)c1)S(=O)(=O)c1ccc(C)cc1. The van der Waals surface area contributed by atoms with E-state index in [0.717, 1.165) is 34.2 Å². The molecule has 3 rings (SSSR count). The molecule has 3 aromatic rings. The van der Waals surface area contributed by atoms with Gasteiger partial charge >= 0.3 is 0 Å². The van der Waals surface area contributed by atoms with E-state index in [2.05, 4.69) is 5.32 Å². The number of amides is 2. The summed E-state index contributed by atoms with van der Waals surface area (Å²) in [5.41, 5.74) is 5.04. The van der Waals surface area contributed by atoms with Crippen LogP contribution in [0.2, 0.25) is 0 Å². The van der Waals surface area contributed by atoms with Crippen LogP contribution in [0, 0.1) is 27.7 Å². The van der Waals surface area contributed by atoms with Gasteiger partial charge < -0.3 is 10.2 Å². The summed E-state index contributed by atoms with van der Waals surface area (Å²) in [6.07, 6.45) is 1.14. The third-order valence-electron chi connectivity index (χ3n) is 7.24. The second-order valence-corrected chi connectivity index (χ2v) is 12.8. The molecular formula is C33H43N3O4S. The summed E-state index contributed by atoms with van der Waals surface area (Å²) in [7, 11) is -4.10. The van der Waals surface area contributed by atoms with E-state index in [-0.39, 0.29) is 23.4 Å². The van der Waals surface area contributed by atoms with Gasteiger partial charge in [-0.1, -0.05) is 67.4 Å². The summed E-state index contributed by atoms with van der Waals surface area (Å²) in [5, 5.41) is 3.01. The van der Waals surface area contributed by atoms with Crippen molar-refractivity contribution in [1.82, 2.24) is 10.2 Å². The quantitative estimate of drug-likeness (QED) is 0.293. The molecule has 220 valence electrons. The van der Waals surface area contributed by atoms with Crippen molar-refractivity contribution < 1.29 is 18.0 Å². The standard InChI is InChI=1S/C33H43N3O4S/c1-8-27(7)34-33(38)31(9-2)35(21-28-14-10-23(3)11-15-28)32(37)22-36(29-19-25(5)18-26(6)20-29)41(39,40)30-16-12-24(4)13-17-30/h10-20,27,31H,8-9,21-22H2,1-7H3,(H,34,38)/t27-,31-/m0/s1. The third-order valence-corrected chi connectivity index (χ3v) is 9.03. The van der Waals surface area contributed by atoms with Crippen LogP contribution in [0.5, 0.6) is 0 Å². The van der Waals surface area contributed by atoms with Crippen LogP contribution in [-0.4, -0.2) is 43.8 Å². The summed E-state index contributed by atoms with van der Waals surface area (Å²) in [6.45, 7) is 13.2. The van der Waals surface area contributed by atoms with Gasteiger partial charge in [0.25, 0.3) is 10.0 Å². The van der Waals surface area contributed by atoms with Crippen LogP contribution in [0.25, 0.3) is 0 Å². The van der Waals surface area contributed by atoms with Crippen LogP contribution in [0.15, 0.2) is 71.6 Å². The monoisotopic (exact) mass is 577 g/mol. The Hall–Kier alpha value is -3.65. The Kier molecular flexibility index (Phi) is 10.7. The van der Waals surface area contributed by atoms with Crippen molar-refractivity contribution >= 4 is 27.5 Å². The van der Waals surface area contributed by atoms with Crippen LogP contribution in [0.4, 0.5) is 5.69 Å². The molecule has 0 spiro atoms. The number of carbonyl (C=O) groups is 2. The molecule has 41 heavy (non-hydrogen) atoms. The summed E-state index contributed by atoms with van der Waals surface area (Å²) < 4.78 is 29.3. The summed E-state index contributed by atoms with van der Waals surface area (Å²) in [6, 6.07) is 19.1. The molecule has 7 nitrogen and oxygen atoms in total. The number of carbonyl (C=O) groups excluding carboxylic acids is 2. The normalized spacial score (nSPS) is 12.9. The van der Waals surface area contributed by atoms with E-state index >= 15 is 0 Å². The molecule has 0 fully saturated rings. The first-order valence-corrected chi connectivity index (χ1v) is 15.6. The van der Waals surface area contributed by atoms with E-state index in [1.165, 1.54) is 9.21 Å². The molecule has 0 heterocycles. The minimum atomic E-state index is -4.10. The lowest BCUT2D eigenvalue weighted by Gasteiger charge is -2.34. The first-order valence-electron chi connectivity index (χ1n) is 14.2. The highest BCUT2D eigenvalue weighted by atomic mass is 32.2. The fourth-order valence-corrected chi connectivity index (χ4v) is 6.11. The lowest BCUT2D eigenvalue weighted by molar-refractivity contribution is -0.140. The fourth-order valence-electron chi connectivity index (χ4n) is 4.71. The average molecular weight is 578 g/mol. The molecule has 0 aromatic heterocycles. The van der Waals surface area contributed by atoms with Gasteiger partial charge in [-0.15, -0.1) is 0 Å². The highest BCUT2D eigenvalue weighted by Crippen LogP contribution is 2.27. The minimum absolute atomic E-state index is 0.0541. The van der Waals surface area contributed by atoms with Gasteiger partial charge in [-0.3, -0.25) is 13.9 Å². The van der Waals surface area contributed by atoms with E-state index in [4.69, 9.17) is 0 Å². The number of anilines is 1. The lowest BCUT2D eigenvalue weighted by Crippen LogP contribution is -2.53. The minimum Gasteiger partial charge on any atom is -0.352 e. The van der Waals surface area contributed by atoms with Crippen LogP contribution < -0.4 is 9.62 Å². The molecule has 8 heteroatoms. The fraction of sp³-hybridized carbons (Fsp3) is 0.394. The Labute approximate surface area is 245 Å². The van der Waals surface area contributed by atoms with Gasteiger partial charge in [0.05, 0.1) is 10.6 Å². The van der Waals surface area contributed by atoms with E-state index in [0.29, 0.717) is 12.1 Å². The Morgan fingerprint density at radius 2 is 1.32 bits per heavy atom. The zero-order valence-electron chi connectivity index (χ0n) is 25.3. The smallest absolute Gasteiger partial charge is 0.264 e. The van der Waals surface area contributed by atoms with Crippen molar-refractivity contribution in [2.75, 3.05) is 10.8 Å². The summed E-state index contributed by atoms with van der Waals surface area (Å²) in [4.78, 5) is 29.2. The van der Waals surface area contributed by atoms with Gasteiger partial charge in [-0.05, 0) is 88.4 Å². The zero-order valence-corrected chi connectivity index (χ0v) is 26.1. The average Bonchev–Trinajstić information content (AvgIpc) is 2.92. The molecule has 0 saturated heterocycles. The van der Waals surface area contributed by atoms with Gasteiger partial charge in [0.2, 0.25) is 11.8 Å². The highest BCUT2D eigenvalue weighted by Gasteiger charge is 2.34. The molecule has 0 aliphatic heterocycles. The number of rotatable bonds is 12. The molecule has 0 saturated carbocycles. The summed E-state index contributed by atoms with van der Waals surface area (Å²) >= 11 is 0. The van der Waals surface area contributed by atoms with Crippen molar-refractivity contribution in [3.05, 3.63) is 94.5 Å². The molecule has 1 N–H and O–H groups in total. The number of nitrogens with zero attached hydrogens (tertiary/aromatic N) is 2. The van der Waals surface area contributed by atoms with E-state index in [1.54, 1.807) is 36.4 Å². The molecule has 0 bridgehead atoms. The van der Waals surface area contributed by atoms with E-state index in [1.807, 2.05) is 78.8 Å². The number of hydrogen-bond acceptors (Lipinski definition) is 4. The van der Waals surface area contributed by atoms with Crippen LogP contribution in [0.3, 0.4) is 0 Å². The molecule has 2 atom stereocenters. The molecular weight excluding hydrogens is 534 g/mol. The second-order valence-electron chi connectivity index (χ2n) is 10.9. The summed E-state index contributed by atoms with van der Waals surface area (Å²) in [5.74, 6) is -0.701. The van der Waals surface area contributed by atoms with Gasteiger partial charge in [-0.25, -0.2) is 8.42 Å². The maximum absolute atomic E-state index is 14.2. The maximum atomic E-state index is 14.2. The number of benzene rings is 3. The van der Waals surface area contributed by atoms with Gasteiger partial charge in [0.15, 0.2) is 0 Å². The molecule has 0 radical (unpaired) electrons. The van der Waals surface area contributed by atoms with E-state index < -0.39 is 28.5 Å². The van der Waals surface area contributed by atoms with Crippen molar-refractivity contribution in [3.63, 3.8) is 0 Å². The maximum Gasteiger partial charge on any atom is 0.264 e. The number of hydrogen-bond donors (Lipinski definition) is 1. The zero-order chi connectivity index (χ0) is 30.3. The van der Waals surface area contributed by atoms with Crippen LogP contribution in [0.1, 0.15) is 61.4 Å². The number of aryl methyl sites for hydroxylation is 4. The van der Waals surface area contributed by atoms with Crippen molar-refractivity contribution in [1.29, 1.82) is 0 Å². The highest BCUT2D eigenvalue weighted by molar-refractivity contribution is 7.92. The first kappa shape index (κ1) is 31.9. The Bertz CT molecular complexity index is 1430. The second kappa shape index (κ2) is 13.8. The van der Waals surface area contributed by atoms with Crippen molar-refractivity contribution in [2.45, 2.75) is 84.8 Å². The molecule has 3 aromatic carbocycles. The Morgan fingerprint density at radius 1 is 0.780 bits per heavy atom. The van der Waals surface area contributed by atoms with E-state index in [9.17, 15) is 18.0 Å². The topological polar surface area (TPSA) is 86.8 Å². The molecule has 2 amide bonds. The lowest BCUT2D eigenvalue weighted by atomic mass is 10.1. The number of sulfonamides is 1. The van der Waals surface area contributed by atoms with Crippen molar-refractivity contribution in [3.8, 4) is 0 Å². The van der Waals surface area contributed by atoms with Gasteiger partial charge in [0.1, 0.15) is 12.6 Å². The number of nitrogens with one attached hydrogen (secondary N) is 1. The third kappa shape index (κ3) is 8.19.